The largest absolute Gasteiger partial charge is 0.374 e. The smallest absolute Gasteiger partial charge is 0.348 e. The van der Waals surface area contributed by atoms with Crippen LogP contribution in [0, 0.1) is 6.92 Å². The summed E-state index contributed by atoms with van der Waals surface area (Å²) >= 11 is 1.29. The van der Waals surface area contributed by atoms with Crippen LogP contribution in [0.5, 0.6) is 0 Å². The highest BCUT2D eigenvalue weighted by Crippen LogP contribution is 2.17. The molecule has 1 N–H and O–H groups in total. The van der Waals surface area contributed by atoms with Gasteiger partial charge >= 0.3 is 5.69 Å². The van der Waals surface area contributed by atoms with Gasteiger partial charge in [-0.2, -0.15) is 4.98 Å². The molecule has 0 amide bonds. The van der Waals surface area contributed by atoms with E-state index in [1.54, 1.807) is 19.2 Å². The molecule has 2 aromatic rings. The Kier molecular flexibility index (Phi) is 3.48. The maximum Gasteiger partial charge on any atom is 0.348 e. The summed E-state index contributed by atoms with van der Waals surface area (Å²) in [6.07, 6.45) is 1.72. The quantitative estimate of drug-likeness (QED) is 0.873. The number of aromatic nitrogens is 4. The molecular weight excluding hydrogens is 238 g/mol. The number of hydrogen-bond acceptors (Lipinski definition) is 6. The van der Waals surface area contributed by atoms with Gasteiger partial charge in [0.15, 0.2) is 0 Å². The summed E-state index contributed by atoms with van der Waals surface area (Å²) in [5.74, 6) is 0. The van der Waals surface area contributed by atoms with Gasteiger partial charge in [0.1, 0.15) is 10.7 Å². The summed E-state index contributed by atoms with van der Waals surface area (Å²) < 4.78 is 5.40. The van der Waals surface area contributed by atoms with Gasteiger partial charge in [-0.25, -0.2) is 4.79 Å². The van der Waals surface area contributed by atoms with E-state index in [1.165, 1.54) is 16.1 Å². The van der Waals surface area contributed by atoms with Crippen LogP contribution in [0.3, 0.4) is 0 Å². The fourth-order valence-corrected chi connectivity index (χ4v) is 2.04. The Labute approximate surface area is 102 Å². The monoisotopic (exact) mass is 251 g/mol. The zero-order valence-corrected chi connectivity index (χ0v) is 10.5. The number of nitrogens with one attached hydrogen (secondary N) is 1. The molecule has 0 atom stereocenters. The summed E-state index contributed by atoms with van der Waals surface area (Å²) in [4.78, 5) is 15.5. The zero-order valence-electron chi connectivity index (χ0n) is 9.67. The van der Waals surface area contributed by atoms with Crippen LogP contribution in [-0.4, -0.2) is 25.7 Å². The Hall–Kier alpha value is -1.76. The minimum Gasteiger partial charge on any atom is -0.374 e. The molecule has 0 saturated carbocycles. The van der Waals surface area contributed by atoms with Crippen LogP contribution in [0.2, 0.25) is 0 Å². The van der Waals surface area contributed by atoms with Gasteiger partial charge in [0, 0.05) is 30.0 Å². The second-order valence-electron chi connectivity index (χ2n) is 3.56. The number of aryl methyl sites for hydroxylation is 1. The molecule has 17 heavy (non-hydrogen) atoms. The molecule has 0 fully saturated rings. The zero-order chi connectivity index (χ0) is 12.3. The van der Waals surface area contributed by atoms with Gasteiger partial charge in [0.05, 0.1) is 6.54 Å². The minimum absolute atomic E-state index is 0.263. The lowest BCUT2D eigenvalue weighted by Gasteiger charge is -2.04. The van der Waals surface area contributed by atoms with E-state index in [2.05, 4.69) is 19.9 Å². The molecule has 2 rings (SSSR count). The third-order valence-electron chi connectivity index (χ3n) is 2.23. The number of rotatable bonds is 4. The van der Waals surface area contributed by atoms with Crippen molar-refractivity contribution in [1.82, 2.24) is 19.1 Å². The molecule has 2 aromatic heterocycles. The molecule has 6 nitrogen and oxygen atoms in total. The highest BCUT2D eigenvalue weighted by Gasteiger charge is 2.08. The molecule has 0 aliphatic heterocycles. The molecule has 2 heterocycles. The average molecular weight is 251 g/mol. The lowest BCUT2D eigenvalue weighted by molar-refractivity contribution is 0.703. The van der Waals surface area contributed by atoms with E-state index in [-0.39, 0.29) is 5.69 Å². The van der Waals surface area contributed by atoms with Crippen LogP contribution in [0.15, 0.2) is 17.1 Å². The van der Waals surface area contributed by atoms with Gasteiger partial charge in [0.2, 0.25) is 0 Å². The van der Waals surface area contributed by atoms with Crippen molar-refractivity contribution in [2.75, 3.05) is 11.9 Å². The van der Waals surface area contributed by atoms with Gasteiger partial charge in [0.25, 0.3) is 0 Å². The van der Waals surface area contributed by atoms with Crippen molar-refractivity contribution in [3.63, 3.8) is 0 Å². The Balaban J connectivity index is 2.25. The Morgan fingerprint density at radius 3 is 3.06 bits per heavy atom. The van der Waals surface area contributed by atoms with Gasteiger partial charge in [-0.05, 0) is 19.9 Å². The van der Waals surface area contributed by atoms with Gasteiger partial charge in [-0.1, -0.05) is 4.49 Å². The molecule has 0 aliphatic carbocycles. The van der Waals surface area contributed by atoms with Crippen LogP contribution in [0.25, 0.3) is 0 Å². The first-order valence-corrected chi connectivity index (χ1v) is 6.07. The molecular formula is C10H13N5OS. The predicted molar refractivity (Wildman–Crippen MR) is 66.4 cm³/mol. The van der Waals surface area contributed by atoms with Crippen molar-refractivity contribution in [1.29, 1.82) is 0 Å². The third kappa shape index (κ3) is 2.68. The second kappa shape index (κ2) is 5.05. The molecule has 7 heteroatoms. The summed E-state index contributed by atoms with van der Waals surface area (Å²) in [7, 11) is 0. The van der Waals surface area contributed by atoms with Crippen LogP contribution < -0.4 is 11.0 Å². The van der Waals surface area contributed by atoms with E-state index in [4.69, 9.17) is 0 Å². The first-order chi connectivity index (χ1) is 8.20. The lowest BCUT2D eigenvalue weighted by atomic mass is 10.4. The summed E-state index contributed by atoms with van der Waals surface area (Å²) in [6.45, 7) is 4.99. The van der Waals surface area contributed by atoms with Crippen molar-refractivity contribution in [3.05, 3.63) is 34.1 Å². The number of anilines is 1. The highest BCUT2D eigenvalue weighted by atomic mass is 32.1. The first-order valence-electron chi connectivity index (χ1n) is 5.30. The topological polar surface area (TPSA) is 72.7 Å². The van der Waals surface area contributed by atoms with E-state index in [9.17, 15) is 4.79 Å². The van der Waals surface area contributed by atoms with Gasteiger partial charge in [-0.3, -0.25) is 4.57 Å². The van der Waals surface area contributed by atoms with E-state index >= 15 is 0 Å². The summed E-state index contributed by atoms with van der Waals surface area (Å²) in [5, 5.41) is 8.08. The van der Waals surface area contributed by atoms with E-state index in [0.717, 1.165) is 22.9 Å². The SMILES string of the molecule is CCNc1snnc1Cn1ccc(C)nc1=O. The fourth-order valence-electron chi connectivity index (χ4n) is 1.40. The van der Waals surface area contributed by atoms with Crippen LogP contribution in [-0.2, 0) is 6.54 Å². The van der Waals surface area contributed by atoms with Crippen molar-refractivity contribution in [3.8, 4) is 0 Å². The Bertz CT molecular complexity index is 562. The van der Waals surface area contributed by atoms with Crippen molar-refractivity contribution < 1.29 is 0 Å². The van der Waals surface area contributed by atoms with Crippen molar-refractivity contribution in [2.24, 2.45) is 0 Å². The van der Waals surface area contributed by atoms with Crippen LogP contribution >= 0.6 is 11.5 Å². The van der Waals surface area contributed by atoms with Crippen molar-refractivity contribution in [2.45, 2.75) is 20.4 Å². The Morgan fingerprint density at radius 1 is 1.53 bits per heavy atom. The maximum absolute atomic E-state index is 11.6. The van der Waals surface area contributed by atoms with E-state index in [1.807, 2.05) is 6.92 Å². The number of nitrogens with zero attached hydrogens (tertiary/aromatic N) is 4. The molecule has 90 valence electrons. The standard InChI is InChI=1S/C10H13N5OS/c1-3-11-9-8(13-14-17-9)6-15-5-4-7(2)12-10(15)16/h4-5,11H,3,6H2,1-2H3. The van der Waals surface area contributed by atoms with Gasteiger partial charge in [-0.15, -0.1) is 5.10 Å². The second-order valence-corrected chi connectivity index (χ2v) is 4.31. The molecule has 0 aromatic carbocycles. The van der Waals surface area contributed by atoms with E-state index in [0.29, 0.717) is 6.54 Å². The van der Waals surface area contributed by atoms with Crippen LogP contribution in [0.1, 0.15) is 18.3 Å². The van der Waals surface area contributed by atoms with Crippen LogP contribution in [0.4, 0.5) is 5.00 Å². The first kappa shape index (κ1) is 11.7. The highest BCUT2D eigenvalue weighted by molar-refractivity contribution is 7.10. The average Bonchev–Trinajstić information content (AvgIpc) is 2.71. The molecule has 0 bridgehead atoms. The van der Waals surface area contributed by atoms with Gasteiger partial charge < -0.3 is 5.32 Å². The molecule has 0 radical (unpaired) electrons. The summed E-state index contributed by atoms with van der Waals surface area (Å²) in [5.41, 5.74) is 1.22. The molecule has 0 saturated heterocycles. The van der Waals surface area contributed by atoms with Crippen molar-refractivity contribution >= 4 is 16.5 Å². The number of hydrogen-bond donors (Lipinski definition) is 1. The summed E-state index contributed by atoms with van der Waals surface area (Å²) in [6, 6.07) is 1.80. The van der Waals surface area contributed by atoms with E-state index < -0.39 is 0 Å². The lowest BCUT2D eigenvalue weighted by Crippen LogP contribution is -2.23. The molecule has 0 spiro atoms. The minimum atomic E-state index is -0.263. The fraction of sp³-hybridized carbons (Fsp3) is 0.400. The normalized spacial score (nSPS) is 10.5. The molecule has 0 unspecified atom stereocenters. The third-order valence-corrected chi connectivity index (χ3v) is 2.95. The predicted octanol–water partition coefficient (Wildman–Crippen LogP) is 0.883. The molecule has 0 aliphatic rings. The maximum atomic E-state index is 11.6. The Morgan fingerprint density at radius 2 is 2.35 bits per heavy atom.